The second kappa shape index (κ2) is 6.28. The maximum Gasteiger partial charge on any atom is 0.251 e. The number of benzene rings is 1. The number of rotatable bonds is 5. The number of carbonyl (C=O) groups is 1. The number of anilines is 1. The summed E-state index contributed by atoms with van der Waals surface area (Å²) in [5.41, 5.74) is 7.99. The molecule has 0 spiro atoms. The van der Waals surface area contributed by atoms with Crippen molar-refractivity contribution in [1.82, 2.24) is 5.32 Å². The molecule has 1 aromatic rings. The van der Waals surface area contributed by atoms with Gasteiger partial charge in [-0.25, -0.2) is 0 Å². The minimum absolute atomic E-state index is 0.00519. The normalized spacial score (nSPS) is 10.6. The van der Waals surface area contributed by atoms with Crippen LogP contribution in [0.25, 0.3) is 0 Å². The molecule has 0 atom stereocenters. The molecule has 0 aromatic heterocycles. The number of nitrogens with two attached hydrogens (primary N) is 1. The highest BCUT2D eigenvalue weighted by Crippen LogP contribution is 2.13. The smallest absolute Gasteiger partial charge is 0.251 e. The van der Waals surface area contributed by atoms with Crippen molar-refractivity contribution in [3.63, 3.8) is 0 Å². The molecule has 17 heavy (non-hydrogen) atoms. The predicted octanol–water partition coefficient (Wildman–Crippen LogP) is 2.74. The fourth-order valence-corrected chi connectivity index (χ4v) is 1.85. The number of hydrogen-bond acceptors (Lipinski definition) is 2. The lowest BCUT2D eigenvalue weighted by atomic mass is 10.0. The Labute approximate surface area is 103 Å². The molecule has 0 heterocycles. The lowest BCUT2D eigenvalue weighted by Crippen LogP contribution is -2.29. The number of carbonyl (C=O) groups excluding carboxylic acids is 1. The average Bonchev–Trinajstić information content (AvgIpc) is 2.30. The van der Waals surface area contributed by atoms with Crippen molar-refractivity contribution in [1.29, 1.82) is 0 Å². The molecule has 94 valence electrons. The zero-order chi connectivity index (χ0) is 12.8. The van der Waals surface area contributed by atoms with Crippen molar-refractivity contribution in [2.75, 3.05) is 12.3 Å². The van der Waals surface area contributed by atoms with Gasteiger partial charge in [-0.3, -0.25) is 4.79 Å². The van der Waals surface area contributed by atoms with Gasteiger partial charge in [0.05, 0.1) is 0 Å². The minimum atomic E-state index is -0.00519. The first-order valence-electron chi connectivity index (χ1n) is 6.22. The Morgan fingerprint density at radius 1 is 1.35 bits per heavy atom. The van der Waals surface area contributed by atoms with E-state index in [2.05, 4.69) is 19.2 Å². The number of amides is 1. The molecule has 0 aliphatic heterocycles. The van der Waals surface area contributed by atoms with E-state index in [-0.39, 0.29) is 5.91 Å². The minimum Gasteiger partial charge on any atom is -0.399 e. The highest BCUT2D eigenvalue weighted by molar-refractivity contribution is 5.95. The largest absolute Gasteiger partial charge is 0.399 e. The molecule has 0 saturated carbocycles. The second-order valence-corrected chi connectivity index (χ2v) is 4.47. The molecular formula is C14H22N2O. The maximum atomic E-state index is 12.0. The molecule has 3 heteroatoms. The zero-order valence-electron chi connectivity index (χ0n) is 10.9. The molecule has 1 rings (SSSR count). The first-order chi connectivity index (χ1) is 8.08. The average molecular weight is 234 g/mol. The highest BCUT2D eigenvalue weighted by atomic mass is 16.1. The lowest BCUT2D eigenvalue weighted by Gasteiger charge is -2.14. The van der Waals surface area contributed by atoms with Crippen LogP contribution >= 0.6 is 0 Å². The van der Waals surface area contributed by atoms with E-state index < -0.39 is 0 Å². The van der Waals surface area contributed by atoms with Crippen molar-refractivity contribution in [2.45, 2.75) is 33.6 Å². The topological polar surface area (TPSA) is 55.1 Å². The fraction of sp³-hybridized carbons (Fsp3) is 0.500. The van der Waals surface area contributed by atoms with Crippen molar-refractivity contribution in [3.8, 4) is 0 Å². The predicted molar refractivity (Wildman–Crippen MR) is 72.0 cm³/mol. The molecule has 3 nitrogen and oxygen atoms in total. The van der Waals surface area contributed by atoms with Gasteiger partial charge in [-0.05, 0) is 36.6 Å². The van der Waals surface area contributed by atoms with E-state index >= 15 is 0 Å². The number of aryl methyl sites for hydroxylation is 1. The maximum absolute atomic E-state index is 12.0. The van der Waals surface area contributed by atoms with Crippen molar-refractivity contribution >= 4 is 11.6 Å². The van der Waals surface area contributed by atoms with Crippen LogP contribution in [0, 0.1) is 12.8 Å². The van der Waals surface area contributed by atoms with E-state index in [1.807, 2.05) is 13.0 Å². The van der Waals surface area contributed by atoms with E-state index in [1.165, 1.54) is 0 Å². The summed E-state index contributed by atoms with van der Waals surface area (Å²) >= 11 is 0. The molecule has 0 fully saturated rings. The summed E-state index contributed by atoms with van der Waals surface area (Å²) in [6.07, 6.45) is 2.19. The van der Waals surface area contributed by atoms with Crippen LogP contribution in [0.3, 0.4) is 0 Å². The Bertz CT molecular complexity index is 384. The van der Waals surface area contributed by atoms with Crippen LogP contribution in [0.5, 0.6) is 0 Å². The number of hydrogen-bond donors (Lipinski definition) is 2. The summed E-state index contributed by atoms with van der Waals surface area (Å²) in [5.74, 6) is 0.558. The van der Waals surface area contributed by atoms with Gasteiger partial charge in [-0.1, -0.05) is 26.7 Å². The van der Waals surface area contributed by atoms with Crippen LogP contribution in [0.1, 0.15) is 42.6 Å². The van der Waals surface area contributed by atoms with Crippen molar-refractivity contribution in [2.24, 2.45) is 5.92 Å². The molecule has 0 unspecified atom stereocenters. The second-order valence-electron chi connectivity index (χ2n) is 4.47. The fourth-order valence-electron chi connectivity index (χ4n) is 1.85. The van der Waals surface area contributed by atoms with Gasteiger partial charge >= 0.3 is 0 Å². The molecule has 0 bridgehead atoms. The third-order valence-electron chi connectivity index (χ3n) is 3.20. The zero-order valence-corrected chi connectivity index (χ0v) is 10.9. The van der Waals surface area contributed by atoms with Crippen LogP contribution < -0.4 is 11.1 Å². The SMILES string of the molecule is CCC(CC)CNC(=O)c1ccc(N)cc1C. The summed E-state index contributed by atoms with van der Waals surface area (Å²) in [4.78, 5) is 12.0. The van der Waals surface area contributed by atoms with Gasteiger partial charge in [0.2, 0.25) is 0 Å². The van der Waals surface area contributed by atoms with Gasteiger partial charge < -0.3 is 11.1 Å². The Hall–Kier alpha value is -1.51. The Kier molecular flexibility index (Phi) is 5.01. The third kappa shape index (κ3) is 3.77. The monoisotopic (exact) mass is 234 g/mol. The highest BCUT2D eigenvalue weighted by Gasteiger charge is 2.10. The third-order valence-corrected chi connectivity index (χ3v) is 3.20. The van der Waals surface area contributed by atoms with E-state index in [1.54, 1.807) is 12.1 Å². The molecular weight excluding hydrogens is 212 g/mol. The van der Waals surface area contributed by atoms with Crippen molar-refractivity contribution in [3.05, 3.63) is 29.3 Å². The molecule has 1 amide bonds. The van der Waals surface area contributed by atoms with Crippen LogP contribution in [0.4, 0.5) is 5.69 Å². The van der Waals surface area contributed by atoms with Gasteiger partial charge in [0, 0.05) is 17.8 Å². The van der Waals surface area contributed by atoms with Crippen molar-refractivity contribution < 1.29 is 4.79 Å². The summed E-state index contributed by atoms with van der Waals surface area (Å²) < 4.78 is 0. The van der Waals surface area contributed by atoms with Crippen LogP contribution in [0.15, 0.2) is 18.2 Å². The molecule has 0 aliphatic rings. The van der Waals surface area contributed by atoms with Crippen LogP contribution in [0.2, 0.25) is 0 Å². The molecule has 0 saturated heterocycles. The summed E-state index contributed by atoms with van der Waals surface area (Å²) in [7, 11) is 0. The first kappa shape index (κ1) is 13.6. The van der Waals surface area contributed by atoms with E-state index in [4.69, 9.17) is 5.73 Å². The molecule has 0 aliphatic carbocycles. The molecule has 0 radical (unpaired) electrons. The van der Waals surface area contributed by atoms with Gasteiger partial charge in [-0.15, -0.1) is 0 Å². The Balaban J connectivity index is 2.64. The van der Waals surface area contributed by atoms with E-state index in [9.17, 15) is 4.79 Å². The van der Waals surface area contributed by atoms with E-state index in [0.717, 1.165) is 24.9 Å². The standard InChI is InChI=1S/C14H22N2O/c1-4-11(5-2)9-16-14(17)13-7-6-12(15)8-10(13)3/h6-8,11H,4-5,9,15H2,1-3H3,(H,16,17). The van der Waals surface area contributed by atoms with Gasteiger partial charge in [0.15, 0.2) is 0 Å². The Morgan fingerprint density at radius 3 is 2.53 bits per heavy atom. The number of nitrogens with one attached hydrogen (secondary N) is 1. The first-order valence-corrected chi connectivity index (χ1v) is 6.22. The van der Waals surface area contributed by atoms with Gasteiger partial charge in [0.25, 0.3) is 5.91 Å². The van der Waals surface area contributed by atoms with Crippen LogP contribution in [-0.4, -0.2) is 12.5 Å². The summed E-state index contributed by atoms with van der Waals surface area (Å²) in [6.45, 7) is 6.95. The van der Waals surface area contributed by atoms with E-state index in [0.29, 0.717) is 17.2 Å². The summed E-state index contributed by atoms with van der Waals surface area (Å²) in [5, 5.41) is 2.98. The number of nitrogen functional groups attached to an aromatic ring is 1. The lowest BCUT2D eigenvalue weighted by molar-refractivity contribution is 0.0946. The van der Waals surface area contributed by atoms with Gasteiger partial charge in [0.1, 0.15) is 0 Å². The van der Waals surface area contributed by atoms with Crippen LogP contribution in [-0.2, 0) is 0 Å². The summed E-state index contributed by atoms with van der Waals surface area (Å²) in [6, 6.07) is 5.37. The Morgan fingerprint density at radius 2 is 2.00 bits per heavy atom. The van der Waals surface area contributed by atoms with Gasteiger partial charge in [-0.2, -0.15) is 0 Å². The molecule has 3 N–H and O–H groups in total. The quantitative estimate of drug-likeness (QED) is 0.770. The molecule has 1 aromatic carbocycles.